The summed E-state index contributed by atoms with van der Waals surface area (Å²) in [7, 11) is 0. The summed E-state index contributed by atoms with van der Waals surface area (Å²) in [6, 6.07) is 4.27. The number of pyridine rings is 1. The Hall–Kier alpha value is -2.69. The van der Waals surface area contributed by atoms with Crippen LogP contribution in [0.1, 0.15) is 31.9 Å². The Kier molecular flexibility index (Phi) is 3.76. The molecule has 0 aromatic carbocycles. The van der Waals surface area contributed by atoms with Crippen LogP contribution in [-0.4, -0.2) is 33.1 Å². The molecule has 2 rings (SSSR count). The van der Waals surface area contributed by atoms with Gasteiger partial charge in [0.1, 0.15) is 17.4 Å². The minimum absolute atomic E-state index is 0.279. The number of nitrogens with zero attached hydrogens (tertiary/aromatic N) is 4. The topological polar surface area (TPSA) is 120 Å². The van der Waals surface area contributed by atoms with Crippen molar-refractivity contribution in [2.75, 3.05) is 11.4 Å². The molecule has 0 radical (unpaired) electrons. The predicted molar refractivity (Wildman–Crippen MR) is 72.8 cm³/mol. The summed E-state index contributed by atoms with van der Waals surface area (Å²) >= 11 is 0. The highest BCUT2D eigenvalue weighted by Crippen LogP contribution is 2.33. The molecule has 0 saturated carbocycles. The number of nitriles is 1. The lowest BCUT2D eigenvalue weighted by molar-refractivity contribution is -0.385. The van der Waals surface area contributed by atoms with Crippen molar-refractivity contribution in [2.24, 2.45) is 0 Å². The van der Waals surface area contributed by atoms with Crippen molar-refractivity contribution in [1.29, 1.82) is 5.26 Å². The van der Waals surface area contributed by atoms with E-state index in [1.807, 2.05) is 0 Å². The quantitative estimate of drug-likeness (QED) is 0.664. The number of rotatable bonds is 3. The molecule has 0 amide bonds. The molecular formula is C13H14N4O4. The van der Waals surface area contributed by atoms with Crippen molar-refractivity contribution in [3.05, 3.63) is 27.9 Å². The van der Waals surface area contributed by atoms with Crippen LogP contribution >= 0.6 is 0 Å². The second kappa shape index (κ2) is 5.36. The number of hydrogen-bond acceptors (Lipinski definition) is 6. The second-order valence-electron chi connectivity index (χ2n) is 5.09. The van der Waals surface area contributed by atoms with E-state index in [0.29, 0.717) is 13.0 Å². The Morgan fingerprint density at radius 1 is 1.57 bits per heavy atom. The Balaban J connectivity index is 2.48. The lowest BCUT2D eigenvalue weighted by Gasteiger charge is -2.42. The fourth-order valence-corrected chi connectivity index (χ4v) is 2.53. The van der Waals surface area contributed by atoms with Crippen LogP contribution in [0, 0.1) is 21.4 Å². The zero-order valence-electron chi connectivity index (χ0n) is 11.4. The minimum atomic E-state index is -1.12. The van der Waals surface area contributed by atoms with Crippen molar-refractivity contribution in [1.82, 2.24) is 4.98 Å². The highest BCUT2D eigenvalue weighted by atomic mass is 16.6. The van der Waals surface area contributed by atoms with Gasteiger partial charge in [0.15, 0.2) is 0 Å². The van der Waals surface area contributed by atoms with Gasteiger partial charge in [-0.3, -0.25) is 10.1 Å². The molecule has 1 aromatic rings. The van der Waals surface area contributed by atoms with Crippen LogP contribution in [0.25, 0.3) is 0 Å². The summed E-state index contributed by atoms with van der Waals surface area (Å²) in [5, 5.41) is 29.2. The summed E-state index contributed by atoms with van der Waals surface area (Å²) in [4.78, 5) is 27.3. The van der Waals surface area contributed by atoms with Gasteiger partial charge in [-0.05, 0) is 32.3 Å². The van der Waals surface area contributed by atoms with E-state index in [9.17, 15) is 20.0 Å². The summed E-state index contributed by atoms with van der Waals surface area (Å²) in [6.45, 7) is 2.09. The van der Waals surface area contributed by atoms with E-state index in [-0.39, 0.29) is 17.2 Å². The van der Waals surface area contributed by atoms with E-state index in [1.165, 1.54) is 12.1 Å². The first-order chi connectivity index (χ1) is 9.90. The van der Waals surface area contributed by atoms with Crippen LogP contribution in [0.2, 0.25) is 0 Å². The molecule has 0 aliphatic carbocycles. The molecule has 1 atom stereocenters. The number of carboxylic acid groups (broad SMARTS) is 1. The zero-order chi connectivity index (χ0) is 15.6. The first-order valence-corrected chi connectivity index (χ1v) is 6.46. The van der Waals surface area contributed by atoms with Crippen molar-refractivity contribution in [3.63, 3.8) is 0 Å². The normalized spacial score (nSPS) is 21.6. The summed E-state index contributed by atoms with van der Waals surface area (Å²) in [6.07, 6.45) is 2.06. The number of anilines is 1. The SMILES string of the molecule is CC1(C(=O)O)CCCCN1c1ccc([N+](=O)[O-])c(C#N)n1. The van der Waals surface area contributed by atoms with E-state index < -0.39 is 16.4 Å². The number of nitro groups is 1. The van der Waals surface area contributed by atoms with Gasteiger partial charge in [0.2, 0.25) is 5.69 Å². The summed E-state index contributed by atoms with van der Waals surface area (Å²) in [5.74, 6) is -0.692. The second-order valence-corrected chi connectivity index (χ2v) is 5.09. The number of carboxylic acids is 1. The Morgan fingerprint density at radius 3 is 2.86 bits per heavy atom. The van der Waals surface area contributed by atoms with Crippen molar-refractivity contribution in [3.8, 4) is 6.07 Å². The Morgan fingerprint density at radius 2 is 2.29 bits per heavy atom. The van der Waals surface area contributed by atoms with Crippen molar-refractivity contribution < 1.29 is 14.8 Å². The third-order valence-electron chi connectivity index (χ3n) is 3.79. The molecule has 1 unspecified atom stereocenters. The average Bonchev–Trinajstić information content (AvgIpc) is 2.46. The highest BCUT2D eigenvalue weighted by molar-refractivity contribution is 5.83. The molecule has 2 heterocycles. The molecule has 0 spiro atoms. The lowest BCUT2D eigenvalue weighted by Crippen LogP contribution is -2.55. The molecule has 0 bridgehead atoms. The molecule has 8 nitrogen and oxygen atoms in total. The van der Waals surface area contributed by atoms with Gasteiger partial charge < -0.3 is 10.0 Å². The minimum Gasteiger partial charge on any atom is -0.480 e. The first kappa shape index (κ1) is 14.7. The average molecular weight is 290 g/mol. The number of hydrogen-bond donors (Lipinski definition) is 1. The molecule has 21 heavy (non-hydrogen) atoms. The fraction of sp³-hybridized carbons (Fsp3) is 0.462. The van der Waals surface area contributed by atoms with Crippen molar-refractivity contribution >= 4 is 17.5 Å². The highest BCUT2D eigenvalue weighted by Gasteiger charge is 2.42. The van der Waals surface area contributed by atoms with Crippen LogP contribution in [0.5, 0.6) is 0 Å². The maximum Gasteiger partial charge on any atom is 0.329 e. The maximum atomic E-state index is 11.5. The van der Waals surface area contributed by atoms with Crippen LogP contribution in [0.3, 0.4) is 0 Å². The lowest BCUT2D eigenvalue weighted by atomic mass is 9.88. The Labute approximate surface area is 120 Å². The largest absolute Gasteiger partial charge is 0.480 e. The standard InChI is InChI=1S/C13H14N4O4/c1-13(12(18)19)6-2-3-7-16(13)11-5-4-10(17(20)21)9(8-14)15-11/h4-5H,2-3,6-7H2,1H3,(H,18,19). The van der Waals surface area contributed by atoms with Crippen LogP contribution in [0.15, 0.2) is 12.1 Å². The number of aliphatic carboxylic acids is 1. The van der Waals surface area contributed by atoms with Gasteiger partial charge in [0.05, 0.1) is 4.92 Å². The van der Waals surface area contributed by atoms with E-state index in [2.05, 4.69) is 4.98 Å². The summed E-state index contributed by atoms with van der Waals surface area (Å²) in [5.41, 5.74) is -1.81. The molecule has 1 aromatic heterocycles. The van der Waals surface area contributed by atoms with E-state index in [0.717, 1.165) is 12.8 Å². The molecule has 1 aliphatic heterocycles. The third-order valence-corrected chi connectivity index (χ3v) is 3.79. The first-order valence-electron chi connectivity index (χ1n) is 6.46. The van der Waals surface area contributed by atoms with Gasteiger partial charge in [0.25, 0.3) is 0 Å². The van der Waals surface area contributed by atoms with E-state index >= 15 is 0 Å². The molecule has 110 valence electrons. The van der Waals surface area contributed by atoms with E-state index in [1.54, 1.807) is 17.9 Å². The third kappa shape index (κ3) is 2.50. The van der Waals surface area contributed by atoms with Gasteiger partial charge >= 0.3 is 11.7 Å². The zero-order valence-corrected chi connectivity index (χ0v) is 11.4. The van der Waals surface area contributed by atoms with Crippen LogP contribution in [-0.2, 0) is 4.79 Å². The van der Waals surface area contributed by atoms with Gasteiger partial charge in [-0.25, -0.2) is 9.78 Å². The monoisotopic (exact) mass is 290 g/mol. The van der Waals surface area contributed by atoms with Gasteiger partial charge in [-0.2, -0.15) is 5.26 Å². The number of carbonyl (C=O) groups is 1. The van der Waals surface area contributed by atoms with E-state index in [4.69, 9.17) is 5.26 Å². The number of piperidine rings is 1. The Bertz CT molecular complexity index is 640. The molecule has 1 fully saturated rings. The van der Waals surface area contributed by atoms with Crippen LogP contribution < -0.4 is 4.90 Å². The summed E-state index contributed by atoms with van der Waals surface area (Å²) < 4.78 is 0. The predicted octanol–water partition coefficient (Wildman–Crippen LogP) is 1.70. The molecular weight excluding hydrogens is 276 g/mol. The maximum absolute atomic E-state index is 11.5. The van der Waals surface area contributed by atoms with Crippen molar-refractivity contribution in [2.45, 2.75) is 31.7 Å². The molecule has 1 saturated heterocycles. The van der Waals surface area contributed by atoms with Gasteiger partial charge in [0, 0.05) is 12.6 Å². The molecule has 1 N–H and O–H groups in total. The van der Waals surface area contributed by atoms with Gasteiger partial charge in [-0.15, -0.1) is 0 Å². The van der Waals surface area contributed by atoms with Gasteiger partial charge in [-0.1, -0.05) is 0 Å². The molecule has 1 aliphatic rings. The fourth-order valence-electron chi connectivity index (χ4n) is 2.53. The smallest absolute Gasteiger partial charge is 0.329 e. The molecule has 8 heteroatoms. The van der Waals surface area contributed by atoms with Crippen LogP contribution in [0.4, 0.5) is 11.5 Å². The number of aromatic nitrogens is 1.